The first-order chi connectivity index (χ1) is 8.41. The van der Waals surface area contributed by atoms with E-state index in [1.165, 1.54) is 12.5 Å². The number of nitrogens with two attached hydrogens (primary N) is 1. The van der Waals surface area contributed by atoms with Gasteiger partial charge in [0.2, 0.25) is 0 Å². The first-order valence-corrected chi connectivity index (χ1v) is 5.77. The maximum atomic E-state index is 12.5. The molecule has 0 fully saturated rings. The van der Waals surface area contributed by atoms with Crippen LogP contribution >= 0.6 is 11.3 Å². The van der Waals surface area contributed by atoms with Crippen molar-refractivity contribution in [1.29, 1.82) is 0 Å². The number of nitrogens with one attached hydrogen (secondary N) is 1. The molecule has 0 aliphatic heterocycles. The average Bonchev–Trinajstić information content (AvgIpc) is 2.88. The highest BCUT2D eigenvalue weighted by molar-refractivity contribution is 7.11. The Kier molecular flexibility index (Phi) is 3.42. The Labute approximate surface area is 105 Å². The van der Waals surface area contributed by atoms with Crippen LogP contribution in [0.25, 0.3) is 0 Å². The summed E-state index contributed by atoms with van der Waals surface area (Å²) >= 11 is 0.556. The lowest BCUT2D eigenvalue weighted by atomic mass is 10.1. The average molecular weight is 277 g/mol. The molecule has 2 heterocycles. The van der Waals surface area contributed by atoms with E-state index < -0.39 is 17.2 Å². The van der Waals surface area contributed by atoms with Gasteiger partial charge in [-0.1, -0.05) is 0 Å². The molecule has 0 saturated carbocycles. The van der Waals surface area contributed by atoms with Crippen LogP contribution in [-0.4, -0.2) is 4.98 Å². The summed E-state index contributed by atoms with van der Waals surface area (Å²) in [4.78, 5) is 3.74. The topological polar surface area (TPSA) is 64.1 Å². The summed E-state index contributed by atoms with van der Waals surface area (Å²) in [6, 6.07) is 1.15. The molecule has 1 atom stereocenters. The number of furan rings is 1. The van der Waals surface area contributed by atoms with Crippen LogP contribution in [0.3, 0.4) is 0 Å². The van der Waals surface area contributed by atoms with E-state index in [-0.39, 0.29) is 0 Å². The molecule has 3 N–H and O–H groups in total. The van der Waals surface area contributed by atoms with E-state index in [2.05, 4.69) is 10.4 Å². The van der Waals surface area contributed by atoms with Gasteiger partial charge in [-0.3, -0.25) is 5.84 Å². The molecule has 0 amide bonds. The van der Waals surface area contributed by atoms with Crippen LogP contribution in [0.15, 0.2) is 22.9 Å². The molecule has 0 aliphatic carbocycles. The van der Waals surface area contributed by atoms with E-state index in [1.54, 1.807) is 13.0 Å². The number of rotatable bonds is 3. The van der Waals surface area contributed by atoms with Crippen LogP contribution in [0.5, 0.6) is 0 Å². The fourth-order valence-corrected chi connectivity index (χ4v) is 2.38. The van der Waals surface area contributed by atoms with Gasteiger partial charge in [0.25, 0.3) is 0 Å². The third-order valence-electron chi connectivity index (χ3n) is 2.30. The lowest BCUT2D eigenvalue weighted by Crippen LogP contribution is -2.27. The minimum Gasteiger partial charge on any atom is -0.469 e. The number of nitrogens with zero attached hydrogens (tertiary/aromatic N) is 1. The molecule has 98 valence electrons. The van der Waals surface area contributed by atoms with E-state index in [9.17, 15) is 13.2 Å². The second-order valence-electron chi connectivity index (χ2n) is 3.66. The number of aromatic nitrogens is 1. The van der Waals surface area contributed by atoms with E-state index in [4.69, 9.17) is 10.3 Å². The molecule has 2 aromatic heterocycles. The van der Waals surface area contributed by atoms with Crippen molar-refractivity contribution in [3.63, 3.8) is 0 Å². The van der Waals surface area contributed by atoms with Crippen molar-refractivity contribution in [2.24, 2.45) is 5.84 Å². The monoisotopic (exact) mass is 277 g/mol. The highest BCUT2D eigenvalue weighted by Crippen LogP contribution is 2.35. The number of aryl methyl sites for hydroxylation is 1. The van der Waals surface area contributed by atoms with E-state index in [0.29, 0.717) is 27.5 Å². The number of hydrogen-bond donors (Lipinski definition) is 2. The predicted octanol–water partition coefficient (Wildman–Crippen LogP) is 2.62. The first kappa shape index (κ1) is 13.1. The Balaban J connectivity index is 2.31. The zero-order chi connectivity index (χ0) is 13.3. The molecule has 1 unspecified atom stereocenters. The Morgan fingerprint density at radius 2 is 2.22 bits per heavy atom. The normalized spacial score (nSPS) is 13.8. The Morgan fingerprint density at radius 1 is 1.50 bits per heavy atom. The summed E-state index contributed by atoms with van der Waals surface area (Å²) in [5.41, 5.74) is 3.12. The van der Waals surface area contributed by atoms with E-state index in [0.717, 1.165) is 0 Å². The van der Waals surface area contributed by atoms with Crippen LogP contribution in [0.2, 0.25) is 0 Å². The van der Waals surface area contributed by atoms with Crippen molar-refractivity contribution in [2.75, 3.05) is 0 Å². The molecule has 0 saturated heterocycles. The van der Waals surface area contributed by atoms with Crippen molar-refractivity contribution in [2.45, 2.75) is 19.1 Å². The molecule has 0 aromatic carbocycles. The summed E-state index contributed by atoms with van der Waals surface area (Å²) in [7, 11) is 0. The van der Waals surface area contributed by atoms with Gasteiger partial charge in [-0.05, 0) is 13.0 Å². The SMILES string of the molecule is Cc1cc(C(NN)c2cnc(C(F)(F)F)s2)co1. The standard InChI is InChI=1S/C10H10F3N3OS/c1-5-2-6(4-17-5)8(16-14)7-3-15-9(18-7)10(11,12)13/h2-4,8,16H,14H2,1H3. The largest absolute Gasteiger partial charge is 0.469 e. The summed E-state index contributed by atoms with van der Waals surface area (Å²) in [6.45, 7) is 1.74. The zero-order valence-electron chi connectivity index (χ0n) is 9.28. The fourth-order valence-electron chi connectivity index (χ4n) is 1.51. The number of halogens is 3. The van der Waals surface area contributed by atoms with Gasteiger partial charge in [0.1, 0.15) is 5.76 Å². The summed E-state index contributed by atoms with van der Waals surface area (Å²) < 4.78 is 42.5. The van der Waals surface area contributed by atoms with Crippen molar-refractivity contribution in [3.8, 4) is 0 Å². The summed E-state index contributed by atoms with van der Waals surface area (Å²) in [5, 5.41) is -0.891. The Morgan fingerprint density at radius 3 is 2.67 bits per heavy atom. The third kappa shape index (κ3) is 2.55. The molecule has 2 rings (SSSR count). The number of hydrogen-bond acceptors (Lipinski definition) is 5. The van der Waals surface area contributed by atoms with E-state index in [1.807, 2.05) is 0 Å². The van der Waals surface area contributed by atoms with Gasteiger partial charge in [-0.25, -0.2) is 10.4 Å². The molecule has 0 aliphatic rings. The molecule has 0 bridgehead atoms. The number of alkyl halides is 3. The van der Waals surface area contributed by atoms with Crippen LogP contribution in [0.4, 0.5) is 13.2 Å². The minimum absolute atomic E-state index is 0.380. The minimum atomic E-state index is -4.44. The van der Waals surface area contributed by atoms with E-state index >= 15 is 0 Å². The van der Waals surface area contributed by atoms with Crippen molar-refractivity contribution in [3.05, 3.63) is 39.7 Å². The molecule has 8 heteroatoms. The van der Waals surface area contributed by atoms with Gasteiger partial charge in [0.05, 0.1) is 12.3 Å². The molecular weight excluding hydrogens is 267 g/mol. The molecule has 4 nitrogen and oxygen atoms in total. The lowest BCUT2D eigenvalue weighted by molar-refractivity contribution is -0.137. The van der Waals surface area contributed by atoms with Gasteiger partial charge in [0, 0.05) is 16.6 Å². The third-order valence-corrected chi connectivity index (χ3v) is 3.41. The van der Waals surface area contributed by atoms with Gasteiger partial charge in [-0.2, -0.15) is 13.2 Å². The highest BCUT2D eigenvalue weighted by atomic mass is 32.1. The second-order valence-corrected chi connectivity index (χ2v) is 4.72. The first-order valence-electron chi connectivity index (χ1n) is 4.96. The van der Waals surface area contributed by atoms with Gasteiger partial charge in [-0.15, -0.1) is 11.3 Å². The Bertz CT molecular complexity index is 534. The van der Waals surface area contributed by atoms with Crippen LogP contribution in [-0.2, 0) is 6.18 Å². The fraction of sp³-hybridized carbons (Fsp3) is 0.300. The molecule has 2 aromatic rings. The predicted molar refractivity (Wildman–Crippen MR) is 59.7 cm³/mol. The maximum absolute atomic E-state index is 12.5. The smallest absolute Gasteiger partial charge is 0.443 e. The van der Waals surface area contributed by atoms with Crippen molar-refractivity contribution < 1.29 is 17.6 Å². The van der Waals surface area contributed by atoms with Gasteiger partial charge < -0.3 is 4.42 Å². The summed E-state index contributed by atoms with van der Waals surface area (Å²) in [5.74, 6) is 6.03. The molecule has 0 radical (unpaired) electrons. The summed E-state index contributed by atoms with van der Waals surface area (Å²) in [6.07, 6.45) is -1.82. The number of hydrazine groups is 1. The molecular formula is C10H10F3N3OS. The molecule has 0 spiro atoms. The second kappa shape index (κ2) is 4.71. The van der Waals surface area contributed by atoms with Crippen LogP contribution in [0.1, 0.15) is 27.3 Å². The number of thiazole rings is 1. The van der Waals surface area contributed by atoms with Gasteiger partial charge >= 0.3 is 6.18 Å². The lowest BCUT2D eigenvalue weighted by Gasteiger charge is -2.10. The Hall–Kier alpha value is -1.38. The highest BCUT2D eigenvalue weighted by Gasteiger charge is 2.35. The molecule has 18 heavy (non-hydrogen) atoms. The zero-order valence-corrected chi connectivity index (χ0v) is 10.1. The van der Waals surface area contributed by atoms with Crippen LogP contribution in [0, 0.1) is 6.92 Å². The quantitative estimate of drug-likeness (QED) is 0.668. The maximum Gasteiger partial charge on any atom is 0.443 e. The van der Waals surface area contributed by atoms with Crippen molar-refractivity contribution >= 4 is 11.3 Å². The van der Waals surface area contributed by atoms with Crippen molar-refractivity contribution in [1.82, 2.24) is 10.4 Å². The van der Waals surface area contributed by atoms with Crippen LogP contribution < -0.4 is 11.3 Å². The van der Waals surface area contributed by atoms with Gasteiger partial charge in [0.15, 0.2) is 5.01 Å².